The van der Waals surface area contributed by atoms with Gasteiger partial charge in [-0.05, 0) is 79.7 Å². The number of halogens is 1. The molecule has 7 nitrogen and oxygen atoms in total. The highest BCUT2D eigenvalue weighted by molar-refractivity contribution is 7.20. The normalized spacial score (nSPS) is 21.2. The van der Waals surface area contributed by atoms with E-state index < -0.39 is 0 Å². The van der Waals surface area contributed by atoms with Crippen LogP contribution in [-0.4, -0.2) is 49.6 Å². The van der Waals surface area contributed by atoms with Crippen molar-refractivity contribution in [3.8, 4) is 5.75 Å². The molecular formula is C24H27ClN4O3S. The van der Waals surface area contributed by atoms with Gasteiger partial charge in [0, 0.05) is 28.7 Å². The molecule has 174 valence electrons. The fraction of sp³-hybridized carbons (Fsp3) is 0.333. The van der Waals surface area contributed by atoms with Crippen LogP contribution in [0.1, 0.15) is 22.5 Å². The van der Waals surface area contributed by atoms with Crippen molar-refractivity contribution in [2.45, 2.75) is 18.9 Å². The molecule has 0 radical (unpaired) electrons. The summed E-state index contributed by atoms with van der Waals surface area (Å²) in [5.41, 5.74) is 1.35. The number of hydrogen-bond donors (Lipinski definition) is 3. The van der Waals surface area contributed by atoms with Crippen molar-refractivity contribution in [1.82, 2.24) is 10.2 Å². The predicted octanol–water partition coefficient (Wildman–Crippen LogP) is 4.80. The average molecular weight is 487 g/mol. The smallest absolute Gasteiger partial charge is 0.323 e. The zero-order chi connectivity index (χ0) is 22.1. The van der Waals surface area contributed by atoms with Gasteiger partial charge in [0.15, 0.2) is 0 Å². The van der Waals surface area contributed by atoms with E-state index in [1.807, 2.05) is 24.3 Å². The molecule has 0 unspecified atom stereocenters. The van der Waals surface area contributed by atoms with E-state index >= 15 is 0 Å². The number of rotatable bonds is 5. The number of benzene rings is 2. The first-order chi connectivity index (χ1) is 15.6. The van der Waals surface area contributed by atoms with E-state index in [1.165, 1.54) is 24.2 Å². The van der Waals surface area contributed by atoms with E-state index in [-0.39, 0.29) is 30.4 Å². The van der Waals surface area contributed by atoms with Crippen LogP contribution in [-0.2, 0) is 0 Å². The molecule has 3 aromatic rings. The van der Waals surface area contributed by atoms with E-state index in [9.17, 15) is 9.59 Å². The number of urea groups is 1. The molecular weight excluding hydrogens is 460 g/mol. The third-order valence-corrected chi connectivity index (χ3v) is 7.42. The molecule has 3 aliphatic heterocycles. The predicted molar refractivity (Wildman–Crippen MR) is 135 cm³/mol. The summed E-state index contributed by atoms with van der Waals surface area (Å²) in [6, 6.07) is 14.7. The van der Waals surface area contributed by atoms with Crippen LogP contribution in [0.2, 0.25) is 0 Å². The van der Waals surface area contributed by atoms with Crippen molar-refractivity contribution < 1.29 is 14.3 Å². The van der Waals surface area contributed by atoms with Crippen LogP contribution in [0.4, 0.5) is 16.2 Å². The molecule has 3 amide bonds. The average Bonchev–Trinajstić information content (AvgIpc) is 3.24. The van der Waals surface area contributed by atoms with Gasteiger partial charge in [0.05, 0.1) is 12.0 Å². The maximum atomic E-state index is 12.9. The third kappa shape index (κ3) is 5.24. The van der Waals surface area contributed by atoms with E-state index in [1.54, 1.807) is 31.4 Å². The molecule has 9 heteroatoms. The first kappa shape index (κ1) is 23.4. The summed E-state index contributed by atoms with van der Waals surface area (Å²) in [7, 11) is 1.60. The van der Waals surface area contributed by atoms with Gasteiger partial charge in [0.1, 0.15) is 5.75 Å². The summed E-state index contributed by atoms with van der Waals surface area (Å²) in [6.45, 7) is 3.27. The monoisotopic (exact) mass is 486 g/mol. The molecule has 33 heavy (non-hydrogen) atoms. The number of ether oxygens (including phenoxy) is 1. The SMILES string of the molecule is COc1ccc(NC(=O)Nc2ccc3cc(C(=O)N[C@H]4CN5CCC4CC5)sc3c2)cc1.Cl. The number of nitrogens with one attached hydrogen (secondary N) is 3. The molecule has 4 heterocycles. The van der Waals surface area contributed by atoms with Crippen LogP contribution in [0, 0.1) is 5.92 Å². The quantitative estimate of drug-likeness (QED) is 0.483. The highest BCUT2D eigenvalue weighted by Gasteiger charge is 2.35. The van der Waals surface area contributed by atoms with Crippen LogP contribution in [0.5, 0.6) is 5.75 Å². The number of thiophene rings is 1. The Hall–Kier alpha value is -2.81. The van der Waals surface area contributed by atoms with E-state index in [4.69, 9.17) is 4.74 Å². The van der Waals surface area contributed by atoms with Crippen molar-refractivity contribution in [2.24, 2.45) is 5.92 Å². The molecule has 0 saturated carbocycles. The second kappa shape index (κ2) is 9.99. The minimum atomic E-state index is -0.327. The molecule has 1 aromatic heterocycles. The molecule has 0 spiro atoms. The number of piperidine rings is 3. The Labute approximate surface area is 202 Å². The van der Waals surface area contributed by atoms with Gasteiger partial charge in [-0.2, -0.15) is 0 Å². The number of carbonyl (C=O) groups excluding carboxylic acids is 2. The van der Waals surface area contributed by atoms with Crippen molar-refractivity contribution in [1.29, 1.82) is 0 Å². The molecule has 2 aromatic carbocycles. The van der Waals surface area contributed by atoms with Crippen LogP contribution < -0.4 is 20.7 Å². The Morgan fingerprint density at radius 2 is 1.70 bits per heavy atom. The maximum absolute atomic E-state index is 12.9. The summed E-state index contributed by atoms with van der Waals surface area (Å²) < 4.78 is 6.09. The number of anilines is 2. The van der Waals surface area contributed by atoms with Crippen LogP contribution in [0.3, 0.4) is 0 Å². The number of amides is 3. The van der Waals surface area contributed by atoms with Gasteiger partial charge in [-0.3, -0.25) is 4.79 Å². The van der Waals surface area contributed by atoms with Gasteiger partial charge >= 0.3 is 6.03 Å². The summed E-state index contributed by atoms with van der Waals surface area (Å²) in [5.74, 6) is 1.32. The topological polar surface area (TPSA) is 82.7 Å². The molecule has 1 atom stereocenters. The summed E-state index contributed by atoms with van der Waals surface area (Å²) in [4.78, 5) is 28.4. The molecule has 0 aliphatic carbocycles. The molecule has 3 saturated heterocycles. The second-order valence-electron chi connectivity index (χ2n) is 8.39. The largest absolute Gasteiger partial charge is 0.497 e. The second-order valence-corrected chi connectivity index (χ2v) is 9.47. The van der Waals surface area contributed by atoms with Crippen LogP contribution in [0.25, 0.3) is 10.1 Å². The van der Waals surface area contributed by atoms with Gasteiger partial charge in [-0.15, -0.1) is 23.7 Å². The molecule has 6 rings (SSSR count). The number of methoxy groups -OCH3 is 1. The van der Waals surface area contributed by atoms with Crippen molar-refractivity contribution in [2.75, 3.05) is 37.4 Å². The highest BCUT2D eigenvalue weighted by atomic mass is 35.5. The van der Waals surface area contributed by atoms with Gasteiger partial charge in [-0.1, -0.05) is 6.07 Å². The zero-order valence-corrected chi connectivity index (χ0v) is 19.9. The first-order valence-electron chi connectivity index (χ1n) is 10.9. The Morgan fingerprint density at radius 1 is 1.00 bits per heavy atom. The van der Waals surface area contributed by atoms with Crippen LogP contribution in [0.15, 0.2) is 48.5 Å². The molecule has 3 N–H and O–H groups in total. The number of fused-ring (bicyclic) bond motifs is 4. The summed E-state index contributed by atoms with van der Waals surface area (Å²) in [5, 5.41) is 9.90. The molecule has 3 fully saturated rings. The summed E-state index contributed by atoms with van der Waals surface area (Å²) in [6.07, 6.45) is 2.34. The molecule has 2 bridgehead atoms. The summed E-state index contributed by atoms with van der Waals surface area (Å²) >= 11 is 1.45. The van der Waals surface area contributed by atoms with Crippen molar-refractivity contribution in [3.63, 3.8) is 0 Å². The number of hydrogen-bond acceptors (Lipinski definition) is 5. The number of carbonyl (C=O) groups is 2. The lowest BCUT2D eigenvalue weighted by molar-refractivity contribution is 0.0622. The minimum absolute atomic E-state index is 0. The van der Waals surface area contributed by atoms with E-state index in [2.05, 4.69) is 20.9 Å². The van der Waals surface area contributed by atoms with Crippen LogP contribution >= 0.6 is 23.7 Å². The minimum Gasteiger partial charge on any atom is -0.497 e. The fourth-order valence-electron chi connectivity index (χ4n) is 4.56. The first-order valence-corrected chi connectivity index (χ1v) is 11.7. The number of nitrogens with zero attached hydrogens (tertiary/aromatic N) is 1. The lowest BCUT2D eigenvalue weighted by Gasteiger charge is -2.44. The lowest BCUT2D eigenvalue weighted by Crippen LogP contribution is -2.57. The lowest BCUT2D eigenvalue weighted by atomic mass is 9.84. The van der Waals surface area contributed by atoms with Crippen molar-refractivity contribution in [3.05, 3.63) is 53.4 Å². The van der Waals surface area contributed by atoms with E-state index in [0.29, 0.717) is 22.2 Å². The zero-order valence-electron chi connectivity index (χ0n) is 18.3. The Balaban J connectivity index is 0.00000259. The Bertz CT molecular complexity index is 1140. The third-order valence-electron chi connectivity index (χ3n) is 6.32. The van der Waals surface area contributed by atoms with E-state index in [0.717, 1.165) is 35.5 Å². The van der Waals surface area contributed by atoms with Gasteiger partial charge in [-0.25, -0.2) is 4.79 Å². The van der Waals surface area contributed by atoms with Crippen molar-refractivity contribution >= 4 is 57.1 Å². The van der Waals surface area contributed by atoms with Gasteiger partial charge < -0.3 is 25.6 Å². The highest BCUT2D eigenvalue weighted by Crippen LogP contribution is 2.31. The van der Waals surface area contributed by atoms with Gasteiger partial charge in [0.25, 0.3) is 5.91 Å². The Kier molecular flexibility index (Phi) is 7.07. The molecule has 3 aliphatic rings. The Morgan fingerprint density at radius 3 is 2.36 bits per heavy atom. The fourth-order valence-corrected chi connectivity index (χ4v) is 5.56. The van der Waals surface area contributed by atoms with Gasteiger partial charge in [0.2, 0.25) is 0 Å². The maximum Gasteiger partial charge on any atom is 0.323 e. The standard InChI is InChI=1S/C24H26N4O3S.ClH/c1-31-19-6-4-17(5-7-19)25-24(30)26-18-3-2-16-12-22(32-21(16)13-18)23(29)27-20-14-28-10-8-15(20)9-11-28;/h2-7,12-13,15,20H,8-11,14H2,1H3,(H,27,29)(H2,25,26,30);1H/t20-;/m0./s1.